The minimum atomic E-state index is 0.515. The van der Waals surface area contributed by atoms with Crippen LogP contribution in [0.1, 0.15) is 16.7 Å². The molecule has 0 atom stereocenters. The Kier molecular flexibility index (Phi) is 4.96. The number of nitrogens with one attached hydrogen (secondary N) is 1. The summed E-state index contributed by atoms with van der Waals surface area (Å²) < 4.78 is 13.1. The van der Waals surface area contributed by atoms with Gasteiger partial charge in [0.15, 0.2) is 11.5 Å². The van der Waals surface area contributed by atoms with Crippen LogP contribution in [0.4, 0.5) is 0 Å². The number of nitrogens with zero attached hydrogens (tertiary/aromatic N) is 3. The molecule has 0 aliphatic carbocycles. The SMILES string of the molecule is COc1cc(CNn2cnnc2)ccc1OCc1ccccc1C. The van der Waals surface area contributed by atoms with Crippen LogP contribution in [0, 0.1) is 6.92 Å². The number of hydrogen-bond donors (Lipinski definition) is 1. The van der Waals surface area contributed by atoms with E-state index in [1.165, 1.54) is 5.56 Å². The Labute approximate surface area is 141 Å². The molecule has 0 saturated carbocycles. The number of hydrogen-bond acceptors (Lipinski definition) is 5. The average Bonchev–Trinajstić information content (AvgIpc) is 3.13. The first-order valence-corrected chi connectivity index (χ1v) is 7.69. The summed E-state index contributed by atoms with van der Waals surface area (Å²) in [4.78, 5) is 0. The van der Waals surface area contributed by atoms with Crippen molar-refractivity contribution >= 4 is 0 Å². The summed E-state index contributed by atoms with van der Waals surface area (Å²) in [6.45, 7) is 3.23. The Bertz CT molecular complexity index is 787. The van der Waals surface area contributed by atoms with Crippen molar-refractivity contribution in [1.82, 2.24) is 14.9 Å². The molecule has 2 aromatic carbocycles. The zero-order valence-corrected chi connectivity index (χ0v) is 13.8. The van der Waals surface area contributed by atoms with Gasteiger partial charge >= 0.3 is 0 Å². The normalized spacial score (nSPS) is 10.4. The van der Waals surface area contributed by atoms with Crippen LogP contribution in [0.3, 0.4) is 0 Å². The molecule has 0 fully saturated rings. The highest BCUT2D eigenvalue weighted by molar-refractivity contribution is 5.43. The van der Waals surface area contributed by atoms with E-state index in [-0.39, 0.29) is 0 Å². The molecule has 6 heteroatoms. The van der Waals surface area contributed by atoms with E-state index in [9.17, 15) is 0 Å². The summed E-state index contributed by atoms with van der Waals surface area (Å²) in [6.07, 6.45) is 3.22. The van der Waals surface area contributed by atoms with Crippen LogP contribution in [-0.2, 0) is 13.2 Å². The number of rotatable bonds is 7. The Morgan fingerprint density at radius 3 is 2.58 bits per heavy atom. The summed E-state index contributed by atoms with van der Waals surface area (Å²) in [6, 6.07) is 14.1. The number of methoxy groups -OCH3 is 1. The largest absolute Gasteiger partial charge is 0.493 e. The Morgan fingerprint density at radius 1 is 1.04 bits per heavy atom. The van der Waals surface area contributed by atoms with Crippen molar-refractivity contribution < 1.29 is 9.47 Å². The van der Waals surface area contributed by atoms with Gasteiger partial charge in [0.1, 0.15) is 19.3 Å². The molecule has 1 N–H and O–H groups in total. The van der Waals surface area contributed by atoms with Gasteiger partial charge in [0.25, 0.3) is 0 Å². The van der Waals surface area contributed by atoms with Gasteiger partial charge in [0.2, 0.25) is 0 Å². The summed E-state index contributed by atoms with van der Waals surface area (Å²) in [5.74, 6) is 1.44. The molecule has 0 spiro atoms. The van der Waals surface area contributed by atoms with Crippen molar-refractivity contribution in [3.05, 3.63) is 71.8 Å². The lowest BCUT2D eigenvalue weighted by atomic mass is 10.1. The lowest BCUT2D eigenvalue weighted by Gasteiger charge is -2.14. The standard InChI is InChI=1S/C18H20N4O2/c1-14-5-3-4-6-16(14)11-24-17-8-7-15(9-18(17)23-2)10-21-22-12-19-20-13-22/h3-9,12-13,21H,10-11H2,1-2H3. The van der Waals surface area contributed by atoms with Crippen LogP contribution in [0.5, 0.6) is 11.5 Å². The highest BCUT2D eigenvalue weighted by atomic mass is 16.5. The van der Waals surface area contributed by atoms with E-state index in [1.807, 2.05) is 30.3 Å². The van der Waals surface area contributed by atoms with Gasteiger partial charge in [-0.1, -0.05) is 30.3 Å². The third-order valence-corrected chi connectivity index (χ3v) is 3.76. The second kappa shape index (κ2) is 7.50. The Hall–Kier alpha value is -3.02. The average molecular weight is 324 g/mol. The molecule has 0 aliphatic heterocycles. The fourth-order valence-electron chi connectivity index (χ4n) is 2.33. The predicted molar refractivity (Wildman–Crippen MR) is 91.6 cm³/mol. The van der Waals surface area contributed by atoms with Crippen molar-refractivity contribution in [2.75, 3.05) is 12.5 Å². The van der Waals surface area contributed by atoms with Crippen LogP contribution in [0.25, 0.3) is 0 Å². The van der Waals surface area contributed by atoms with E-state index in [0.717, 1.165) is 16.9 Å². The van der Waals surface area contributed by atoms with Crippen LogP contribution < -0.4 is 14.9 Å². The monoisotopic (exact) mass is 324 g/mol. The Balaban J connectivity index is 1.66. The van der Waals surface area contributed by atoms with Gasteiger partial charge in [-0.25, -0.2) is 4.68 Å². The quantitative estimate of drug-likeness (QED) is 0.724. The van der Waals surface area contributed by atoms with Crippen molar-refractivity contribution in [2.45, 2.75) is 20.1 Å². The minimum absolute atomic E-state index is 0.515. The van der Waals surface area contributed by atoms with E-state index in [0.29, 0.717) is 18.9 Å². The van der Waals surface area contributed by atoms with Gasteiger partial charge in [0, 0.05) is 0 Å². The molecule has 3 aromatic rings. The van der Waals surface area contributed by atoms with E-state index < -0.39 is 0 Å². The fraction of sp³-hybridized carbons (Fsp3) is 0.222. The highest BCUT2D eigenvalue weighted by Gasteiger charge is 2.07. The van der Waals surface area contributed by atoms with Crippen molar-refractivity contribution in [3.8, 4) is 11.5 Å². The topological polar surface area (TPSA) is 61.2 Å². The number of benzene rings is 2. The zero-order chi connectivity index (χ0) is 16.8. The number of aryl methyl sites for hydroxylation is 1. The van der Waals surface area contributed by atoms with Gasteiger partial charge in [-0.3, -0.25) is 0 Å². The van der Waals surface area contributed by atoms with Crippen molar-refractivity contribution in [3.63, 3.8) is 0 Å². The predicted octanol–water partition coefficient (Wildman–Crippen LogP) is 2.92. The van der Waals surface area contributed by atoms with Gasteiger partial charge < -0.3 is 14.9 Å². The smallest absolute Gasteiger partial charge is 0.161 e. The second-order valence-electron chi connectivity index (χ2n) is 5.40. The first kappa shape index (κ1) is 15.9. The molecule has 0 unspecified atom stereocenters. The zero-order valence-electron chi connectivity index (χ0n) is 13.8. The third kappa shape index (κ3) is 3.84. The Morgan fingerprint density at radius 2 is 1.83 bits per heavy atom. The van der Waals surface area contributed by atoms with Crippen LogP contribution in [0.2, 0.25) is 0 Å². The van der Waals surface area contributed by atoms with Crippen molar-refractivity contribution in [2.24, 2.45) is 0 Å². The minimum Gasteiger partial charge on any atom is -0.493 e. The van der Waals surface area contributed by atoms with E-state index in [1.54, 1.807) is 24.4 Å². The molecule has 1 aromatic heterocycles. The number of aromatic nitrogens is 3. The van der Waals surface area contributed by atoms with E-state index >= 15 is 0 Å². The van der Waals surface area contributed by atoms with Crippen LogP contribution in [-0.4, -0.2) is 22.0 Å². The summed E-state index contributed by atoms with van der Waals surface area (Å²) in [7, 11) is 1.65. The molecule has 24 heavy (non-hydrogen) atoms. The van der Waals surface area contributed by atoms with Gasteiger partial charge in [-0.2, -0.15) is 0 Å². The maximum absolute atomic E-state index is 5.93. The molecular formula is C18H20N4O2. The van der Waals surface area contributed by atoms with E-state index in [2.05, 4.69) is 34.7 Å². The molecule has 124 valence electrons. The molecule has 0 saturated heterocycles. The molecule has 0 amide bonds. The molecule has 1 heterocycles. The summed E-state index contributed by atoms with van der Waals surface area (Å²) in [5, 5.41) is 7.50. The van der Waals surface area contributed by atoms with Crippen LogP contribution in [0.15, 0.2) is 55.1 Å². The number of ether oxygens (including phenoxy) is 2. The molecule has 6 nitrogen and oxygen atoms in total. The molecule has 0 radical (unpaired) electrons. The molecule has 3 rings (SSSR count). The maximum Gasteiger partial charge on any atom is 0.161 e. The fourth-order valence-corrected chi connectivity index (χ4v) is 2.33. The first-order chi connectivity index (χ1) is 11.8. The first-order valence-electron chi connectivity index (χ1n) is 7.69. The van der Waals surface area contributed by atoms with Gasteiger partial charge in [-0.15, -0.1) is 10.2 Å². The second-order valence-corrected chi connectivity index (χ2v) is 5.40. The van der Waals surface area contributed by atoms with Gasteiger partial charge in [0.05, 0.1) is 13.7 Å². The summed E-state index contributed by atoms with van der Waals surface area (Å²) >= 11 is 0. The third-order valence-electron chi connectivity index (χ3n) is 3.76. The molecular weight excluding hydrogens is 304 g/mol. The van der Waals surface area contributed by atoms with E-state index in [4.69, 9.17) is 9.47 Å². The van der Waals surface area contributed by atoms with Gasteiger partial charge in [-0.05, 0) is 35.7 Å². The maximum atomic E-state index is 5.93. The molecule has 0 aliphatic rings. The lowest BCUT2D eigenvalue weighted by molar-refractivity contribution is 0.283. The lowest BCUT2D eigenvalue weighted by Crippen LogP contribution is -2.12. The van der Waals surface area contributed by atoms with Crippen molar-refractivity contribution in [1.29, 1.82) is 0 Å². The summed E-state index contributed by atoms with van der Waals surface area (Å²) in [5.41, 5.74) is 6.62. The molecule has 0 bridgehead atoms. The highest BCUT2D eigenvalue weighted by Crippen LogP contribution is 2.29. The van der Waals surface area contributed by atoms with Crippen LogP contribution >= 0.6 is 0 Å².